The van der Waals surface area contributed by atoms with Crippen LogP contribution in [-0.4, -0.2) is 45.6 Å². The molecule has 0 radical (unpaired) electrons. The van der Waals surface area contributed by atoms with Crippen LogP contribution in [0.1, 0.15) is 51.2 Å². The maximum absolute atomic E-state index is 11.8. The van der Waals surface area contributed by atoms with Gasteiger partial charge in [0, 0.05) is 32.0 Å². The Bertz CT molecular complexity index is 734. The SMILES string of the molecule is CCCCCOc1cc(C)ccc1CNC(=NC)NCC(C)(C)S(C)(=O)=O.I. The molecule has 162 valence electrons. The van der Waals surface area contributed by atoms with Crippen LogP contribution in [0.2, 0.25) is 0 Å². The number of benzene rings is 1. The summed E-state index contributed by atoms with van der Waals surface area (Å²) >= 11 is 0. The van der Waals surface area contributed by atoms with Crippen molar-refractivity contribution >= 4 is 39.8 Å². The smallest absolute Gasteiger partial charge is 0.191 e. The van der Waals surface area contributed by atoms with Gasteiger partial charge in [-0.25, -0.2) is 8.42 Å². The van der Waals surface area contributed by atoms with Crippen molar-refractivity contribution in [2.45, 2.75) is 58.2 Å². The van der Waals surface area contributed by atoms with Crippen molar-refractivity contribution in [3.8, 4) is 5.75 Å². The first-order valence-corrected chi connectivity index (χ1v) is 11.4. The molecule has 1 aromatic rings. The summed E-state index contributed by atoms with van der Waals surface area (Å²) in [5.41, 5.74) is 2.20. The van der Waals surface area contributed by atoms with E-state index in [4.69, 9.17) is 4.74 Å². The third-order valence-corrected chi connectivity index (χ3v) is 6.74. The fraction of sp³-hybridized carbons (Fsp3) is 0.650. The number of hydrogen-bond acceptors (Lipinski definition) is 4. The van der Waals surface area contributed by atoms with Gasteiger partial charge in [0.15, 0.2) is 15.8 Å². The van der Waals surface area contributed by atoms with Crippen LogP contribution in [0.3, 0.4) is 0 Å². The zero-order chi connectivity index (χ0) is 20.5. The number of guanidine groups is 1. The van der Waals surface area contributed by atoms with E-state index in [1.165, 1.54) is 6.26 Å². The highest BCUT2D eigenvalue weighted by Crippen LogP contribution is 2.21. The average molecular weight is 525 g/mol. The molecule has 2 N–H and O–H groups in total. The summed E-state index contributed by atoms with van der Waals surface area (Å²) in [5.74, 6) is 1.44. The van der Waals surface area contributed by atoms with Crippen molar-refractivity contribution in [1.82, 2.24) is 10.6 Å². The molecule has 0 fully saturated rings. The Morgan fingerprint density at radius 1 is 1.21 bits per heavy atom. The van der Waals surface area contributed by atoms with E-state index in [2.05, 4.69) is 28.6 Å². The Balaban J connectivity index is 0.00000729. The summed E-state index contributed by atoms with van der Waals surface area (Å²) in [6.07, 6.45) is 4.62. The molecule has 0 bridgehead atoms. The standard InChI is InChI=1S/C20H35N3O3S.HI/c1-7-8-9-12-26-18-13-16(2)10-11-17(18)14-22-19(21-5)23-15-20(3,4)27(6,24)25;/h10-11,13H,7-9,12,14-15H2,1-6H3,(H2,21,22,23);1H. The van der Waals surface area contributed by atoms with E-state index in [1.54, 1.807) is 20.9 Å². The molecule has 0 amide bonds. The Labute approximate surface area is 187 Å². The van der Waals surface area contributed by atoms with Crippen molar-refractivity contribution in [1.29, 1.82) is 0 Å². The van der Waals surface area contributed by atoms with Gasteiger partial charge in [0.2, 0.25) is 0 Å². The lowest BCUT2D eigenvalue weighted by Crippen LogP contribution is -2.47. The first-order chi connectivity index (χ1) is 12.6. The molecule has 0 aliphatic heterocycles. The molecule has 0 atom stereocenters. The lowest BCUT2D eigenvalue weighted by Gasteiger charge is -2.24. The van der Waals surface area contributed by atoms with E-state index in [0.29, 0.717) is 19.1 Å². The van der Waals surface area contributed by atoms with E-state index >= 15 is 0 Å². The maximum Gasteiger partial charge on any atom is 0.191 e. The lowest BCUT2D eigenvalue weighted by atomic mass is 10.1. The van der Waals surface area contributed by atoms with Gasteiger partial charge in [0.05, 0.1) is 11.4 Å². The highest BCUT2D eigenvalue weighted by Gasteiger charge is 2.30. The Hall–Kier alpha value is -1.03. The van der Waals surface area contributed by atoms with Crippen molar-refractivity contribution in [3.63, 3.8) is 0 Å². The number of unbranched alkanes of at least 4 members (excludes halogenated alkanes) is 2. The third-order valence-electron chi connectivity index (χ3n) is 4.58. The number of ether oxygens (including phenoxy) is 1. The van der Waals surface area contributed by atoms with Gasteiger partial charge in [-0.3, -0.25) is 4.99 Å². The number of hydrogen-bond donors (Lipinski definition) is 2. The molecule has 0 spiro atoms. The number of halogens is 1. The summed E-state index contributed by atoms with van der Waals surface area (Å²) < 4.78 is 28.8. The molecule has 0 saturated heterocycles. The highest BCUT2D eigenvalue weighted by molar-refractivity contribution is 14.0. The van der Waals surface area contributed by atoms with Gasteiger partial charge in [0.1, 0.15) is 5.75 Å². The minimum Gasteiger partial charge on any atom is -0.493 e. The number of sulfone groups is 1. The average Bonchev–Trinajstić information content (AvgIpc) is 2.59. The van der Waals surface area contributed by atoms with Crippen LogP contribution in [0.5, 0.6) is 5.75 Å². The second kappa shape index (κ2) is 12.5. The Morgan fingerprint density at radius 2 is 1.89 bits per heavy atom. The van der Waals surface area contributed by atoms with Crippen molar-refractivity contribution in [2.75, 3.05) is 26.5 Å². The fourth-order valence-electron chi connectivity index (χ4n) is 2.30. The van der Waals surface area contributed by atoms with Gasteiger partial charge in [-0.1, -0.05) is 31.9 Å². The maximum atomic E-state index is 11.8. The largest absolute Gasteiger partial charge is 0.493 e. The molecule has 6 nitrogen and oxygen atoms in total. The molecule has 0 heterocycles. The summed E-state index contributed by atoms with van der Waals surface area (Å²) in [7, 11) is -1.50. The van der Waals surface area contributed by atoms with E-state index in [1.807, 2.05) is 19.1 Å². The monoisotopic (exact) mass is 525 g/mol. The first-order valence-electron chi connectivity index (χ1n) is 9.47. The molecule has 0 aliphatic carbocycles. The molecule has 8 heteroatoms. The molecular weight excluding hydrogens is 489 g/mol. The minimum absolute atomic E-state index is 0. The van der Waals surface area contributed by atoms with Gasteiger partial charge in [-0.15, -0.1) is 24.0 Å². The van der Waals surface area contributed by atoms with E-state index in [9.17, 15) is 8.42 Å². The molecule has 0 aromatic heterocycles. The van der Waals surface area contributed by atoms with Gasteiger partial charge in [-0.05, 0) is 38.8 Å². The number of aryl methyl sites for hydroxylation is 1. The second-order valence-corrected chi connectivity index (χ2v) is 10.1. The second-order valence-electron chi connectivity index (χ2n) is 7.48. The number of nitrogens with one attached hydrogen (secondary N) is 2. The summed E-state index contributed by atoms with van der Waals surface area (Å²) in [6, 6.07) is 6.15. The molecule has 0 saturated carbocycles. The van der Waals surface area contributed by atoms with Crippen molar-refractivity contribution in [2.24, 2.45) is 4.99 Å². The van der Waals surface area contributed by atoms with E-state index < -0.39 is 14.6 Å². The van der Waals surface area contributed by atoms with Crippen LogP contribution in [-0.2, 0) is 16.4 Å². The molecule has 1 rings (SSSR count). The number of nitrogens with zero attached hydrogens (tertiary/aromatic N) is 1. The number of aliphatic imine (C=N–C) groups is 1. The summed E-state index contributed by atoms with van der Waals surface area (Å²) in [5, 5.41) is 6.33. The zero-order valence-corrected chi connectivity index (χ0v) is 21.1. The lowest BCUT2D eigenvalue weighted by molar-refractivity contribution is 0.303. The van der Waals surface area contributed by atoms with Crippen LogP contribution in [0.4, 0.5) is 0 Å². The third kappa shape index (κ3) is 8.98. The quantitative estimate of drug-likeness (QED) is 0.211. The van der Waals surface area contributed by atoms with Crippen LogP contribution < -0.4 is 15.4 Å². The van der Waals surface area contributed by atoms with Crippen LogP contribution in [0.15, 0.2) is 23.2 Å². The van der Waals surface area contributed by atoms with Gasteiger partial charge >= 0.3 is 0 Å². The fourth-order valence-corrected chi connectivity index (χ4v) is 2.64. The Kier molecular flexibility index (Phi) is 12.1. The van der Waals surface area contributed by atoms with Crippen LogP contribution >= 0.6 is 24.0 Å². The zero-order valence-electron chi connectivity index (χ0n) is 18.0. The molecule has 0 unspecified atom stereocenters. The molecule has 28 heavy (non-hydrogen) atoms. The number of rotatable bonds is 10. The molecular formula is C20H36IN3O3S. The van der Waals surface area contributed by atoms with Gasteiger partial charge < -0.3 is 15.4 Å². The minimum atomic E-state index is -3.17. The van der Waals surface area contributed by atoms with E-state index in [0.717, 1.165) is 36.1 Å². The van der Waals surface area contributed by atoms with E-state index in [-0.39, 0.29) is 30.5 Å². The Morgan fingerprint density at radius 3 is 2.46 bits per heavy atom. The van der Waals surface area contributed by atoms with Gasteiger partial charge in [-0.2, -0.15) is 0 Å². The topological polar surface area (TPSA) is 79.8 Å². The summed E-state index contributed by atoms with van der Waals surface area (Å²) in [4.78, 5) is 4.18. The normalized spacial score (nSPS) is 12.3. The predicted molar refractivity (Wildman–Crippen MR) is 129 cm³/mol. The highest BCUT2D eigenvalue weighted by atomic mass is 127. The van der Waals surface area contributed by atoms with Crippen molar-refractivity contribution in [3.05, 3.63) is 29.3 Å². The van der Waals surface area contributed by atoms with Crippen LogP contribution in [0.25, 0.3) is 0 Å². The summed E-state index contributed by atoms with van der Waals surface area (Å²) in [6.45, 7) is 9.15. The van der Waals surface area contributed by atoms with Crippen LogP contribution in [0, 0.1) is 6.92 Å². The predicted octanol–water partition coefficient (Wildman–Crippen LogP) is 3.67. The van der Waals surface area contributed by atoms with Crippen molar-refractivity contribution < 1.29 is 13.2 Å². The van der Waals surface area contributed by atoms with Gasteiger partial charge in [0.25, 0.3) is 0 Å². The molecule has 1 aromatic carbocycles. The first kappa shape index (κ1) is 27.0. The molecule has 0 aliphatic rings.